The first-order chi connectivity index (χ1) is 11.9. The van der Waals surface area contributed by atoms with E-state index in [9.17, 15) is 5.11 Å². The Morgan fingerprint density at radius 1 is 1.40 bits per heavy atom. The number of aliphatic hydroxyl groups is 1. The molecule has 0 amide bonds. The number of aryl methyl sites for hydroxylation is 1. The minimum absolute atomic E-state index is 0.211. The molecule has 1 saturated heterocycles. The third kappa shape index (κ3) is 4.36. The van der Waals surface area contributed by atoms with Crippen molar-refractivity contribution in [3.05, 3.63) is 34.7 Å². The Hall–Kier alpha value is -1.96. The molecule has 0 bridgehead atoms. The summed E-state index contributed by atoms with van der Waals surface area (Å²) in [7, 11) is 0. The minimum Gasteiger partial charge on any atom is -0.405 e. The summed E-state index contributed by atoms with van der Waals surface area (Å²) in [6, 6.07) is 5.13. The number of aliphatic hydroxyl groups excluding tert-OH is 1. The van der Waals surface area contributed by atoms with E-state index in [2.05, 4.69) is 58.6 Å². The monoisotopic (exact) mass is 345 g/mol. The topological polar surface area (TPSA) is 86.5 Å². The zero-order valence-electron chi connectivity index (χ0n) is 15.3. The fraction of sp³-hybridized carbons (Fsp3) is 0.556. The SMILES string of the molecule is Cc1cc(CN2CCN[C@@H](C)C2)c(C)c(Nc2nnc([C@@H](C)O)o2)c1. The quantitative estimate of drug-likeness (QED) is 0.766. The maximum absolute atomic E-state index is 9.51. The third-order valence-electron chi connectivity index (χ3n) is 4.55. The van der Waals surface area contributed by atoms with E-state index in [0.29, 0.717) is 12.1 Å². The van der Waals surface area contributed by atoms with Crippen molar-refractivity contribution in [3.63, 3.8) is 0 Å². The summed E-state index contributed by atoms with van der Waals surface area (Å²) >= 11 is 0. The van der Waals surface area contributed by atoms with E-state index in [1.54, 1.807) is 6.92 Å². The molecule has 2 aromatic rings. The molecule has 0 unspecified atom stereocenters. The number of anilines is 2. The lowest BCUT2D eigenvalue weighted by molar-refractivity contribution is 0.164. The zero-order valence-corrected chi connectivity index (χ0v) is 15.3. The highest BCUT2D eigenvalue weighted by Gasteiger charge is 2.18. The normalized spacial score (nSPS) is 19.8. The van der Waals surface area contributed by atoms with E-state index in [4.69, 9.17) is 4.42 Å². The van der Waals surface area contributed by atoms with Crippen molar-refractivity contribution < 1.29 is 9.52 Å². The molecule has 1 aliphatic rings. The third-order valence-corrected chi connectivity index (χ3v) is 4.55. The van der Waals surface area contributed by atoms with E-state index in [-0.39, 0.29) is 5.89 Å². The van der Waals surface area contributed by atoms with Gasteiger partial charge in [-0.05, 0) is 50.5 Å². The second-order valence-electron chi connectivity index (χ2n) is 6.93. The molecule has 1 aliphatic heterocycles. The summed E-state index contributed by atoms with van der Waals surface area (Å²) in [5.41, 5.74) is 4.61. The second kappa shape index (κ2) is 7.51. The highest BCUT2D eigenvalue weighted by Crippen LogP contribution is 2.26. The van der Waals surface area contributed by atoms with Crippen molar-refractivity contribution in [1.29, 1.82) is 0 Å². The van der Waals surface area contributed by atoms with Crippen LogP contribution in [0.1, 0.15) is 42.5 Å². The van der Waals surface area contributed by atoms with Crippen LogP contribution >= 0.6 is 0 Å². The Morgan fingerprint density at radius 3 is 2.88 bits per heavy atom. The van der Waals surface area contributed by atoms with Gasteiger partial charge in [0.2, 0.25) is 5.89 Å². The summed E-state index contributed by atoms with van der Waals surface area (Å²) in [5.74, 6) is 0.211. The largest absolute Gasteiger partial charge is 0.405 e. The minimum atomic E-state index is -0.771. The summed E-state index contributed by atoms with van der Waals surface area (Å²) in [4.78, 5) is 2.48. The fourth-order valence-electron chi connectivity index (χ4n) is 3.19. The van der Waals surface area contributed by atoms with Crippen LogP contribution in [0.25, 0.3) is 0 Å². The molecular weight excluding hydrogens is 318 g/mol. The predicted octanol–water partition coefficient (Wildman–Crippen LogP) is 2.28. The average Bonchev–Trinajstić information content (AvgIpc) is 3.01. The van der Waals surface area contributed by atoms with E-state index in [0.717, 1.165) is 31.9 Å². The highest BCUT2D eigenvalue weighted by atomic mass is 16.4. The number of hydrogen-bond donors (Lipinski definition) is 3. The van der Waals surface area contributed by atoms with Crippen LogP contribution in [0.3, 0.4) is 0 Å². The molecule has 136 valence electrons. The van der Waals surface area contributed by atoms with Gasteiger partial charge in [0.15, 0.2) is 0 Å². The summed E-state index contributed by atoms with van der Waals surface area (Å²) < 4.78 is 5.45. The Labute approximate surface area is 148 Å². The van der Waals surface area contributed by atoms with Gasteiger partial charge in [0.1, 0.15) is 6.10 Å². The van der Waals surface area contributed by atoms with Crippen molar-refractivity contribution >= 4 is 11.7 Å². The van der Waals surface area contributed by atoms with Gasteiger partial charge in [-0.15, -0.1) is 5.10 Å². The summed E-state index contributed by atoms with van der Waals surface area (Å²) in [6.07, 6.45) is -0.771. The van der Waals surface area contributed by atoms with Crippen LogP contribution in [0.5, 0.6) is 0 Å². The summed E-state index contributed by atoms with van der Waals surface area (Å²) in [6.45, 7) is 12.1. The molecule has 7 heteroatoms. The zero-order chi connectivity index (χ0) is 18.0. The molecule has 2 atom stereocenters. The van der Waals surface area contributed by atoms with Crippen LogP contribution in [-0.2, 0) is 6.54 Å². The number of piperazine rings is 1. The van der Waals surface area contributed by atoms with Gasteiger partial charge in [-0.25, -0.2) is 0 Å². The average molecular weight is 345 g/mol. The molecule has 0 spiro atoms. The lowest BCUT2D eigenvalue weighted by atomic mass is 10.0. The van der Waals surface area contributed by atoms with Crippen LogP contribution in [0.15, 0.2) is 16.5 Å². The maximum Gasteiger partial charge on any atom is 0.320 e. The van der Waals surface area contributed by atoms with E-state index >= 15 is 0 Å². The van der Waals surface area contributed by atoms with E-state index in [1.807, 2.05) is 0 Å². The van der Waals surface area contributed by atoms with Gasteiger partial charge in [0, 0.05) is 37.9 Å². The molecule has 3 N–H and O–H groups in total. The second-order valence-corrected chi connectivity index (χ2v) is 6.93. The molecule has 2 heterocycles. The van der Waals surface area contributed by atoms with Crippen molar-refractivity contribution in [1.82, 2.24) is 20.4 Å². The van der Waals surface area contributed by atoms with Gasteiger partial charge in [-0.1, -0.05) is 11.2 Å². The van der Waals surface area contributed by atoms with Crippen LogP contribution in [0.4, 0.5) is 11.7 Å². The Morgan fingerprint density at radius 2 is 2.20 bits per heavy atom. The number of hydrogen-bond acceptors (Lipinski definition) is 7. The Balaban J connectivity index is 1.79. The first-order valence-corrected chi connectivity index (χ1v) is 8.76. The maximum atomic E-state index is 9.51. The summed E-state index contributed by atoms with van der Waals surface area (Å²) in [5, 5.41) is 24.0. The van der Waals surface area contributed by atoms with Crippen LogP contribution in [0.2, 0.25) is 0 Å². The van der Waals surface area contributed by atoms with Crippen molar-refractivity contribution in [3.8, 4) is 0 Å². The van der Waals surface area contributed by atoms with Crippen LogP contribution in [0, 0.1) is 13.8 Å². The van der Waals surface area contributed by atoms with Gasteiger partial charge >= 0.3 is 6.01 Å². The number of aromatic nitrogens is 2. The van der Waals surface area contributed by atoms with E-state index < -0.39 is 6.10 Å². The molecule has 1 aromatic heterocycles. The van der Waals surface area contributed by atoms with Gasteiger partial charge in [0.25, 0.3) is 0 Å². The van der Waals surface area contributed by atoms with Crippen LogP contribution in [-0.4, -0.2) is 45.9 Å². The number of rotatable bonds is 5. The van der Waals surface area contributed by atoms with Crippen molar-refractivity contribution in [2.24, 2.45) is 0 Å². The smallest absolute Gasteiger partial charge is 0.320 e. The predicted molar refractivity (Wildman–Crippen MR) is 96.9 cm³/mol. The van der Waals surface area contributed by atoms with Gasteiger partial charge < -0.3 is 20.2 Å². The van der Waals surface area contributed by atoms with E-state index in [1.165, 1.54) is 16.7 Å². The molecular formula is C18H27N5O2. The van der Waals surface area contributed by atoms with Gasteiger partial charge in [-0.2, -0.15) is 0 Å². The molecule has 1 aromatic carbocycles. The molecule has 1 fully saturated rings. The van der Waals surface area contributed by atoms with Gasteiger partial charge in [0.05, 0.1) is 0 Å². The van der Waals surface area contributed by atoms with Crippen molar-refractivity contribution in [2.45, 2.75) is 46.4 Å². The number of nitrogens with zero attached hydrogens (tertiary/aromatic N) is 3. The first kappa shape index (κ1) is 17.8. The molecule has 0 radical (unpaired) electrons. The molecule has 0 saturated carbocycles. The molecule has 25 heavy (non-hydrogen) atoms. The highest BCUT2D eigenvalue weighted by molar-refractivity contribution is 5.61. The standard InChI is InChI=1S/C18H27N5O2/c1-11-7-15(10-23-6-5-19-12(2)9-23)13(3)16(8-11)20-18-22-21-17(25-18)14(4)24/h7-8,12,14,19,24H,5-6,9-10H2,1-4H3,(H,20,22)/t12-,14+/m0/s1. The lowest BCUT2D eigenvalue weighted by Crippen LogP contribution is -2.48. The molecule has 7 nitrogen and oxygen atoms in total. The fourth-order valence-corrected chi connectivity index (χ4v) is 3.19. The molecule has 3 rings (SSSR count). The number of benzene rings is 1. The Bertz CT molecular complexity index is 728. The van der Waals surface area contributed by atoms with Gasteiger partial charge in [-0.3, -0.25) is 4.90 Å². The Kier molecular flexibility index (Phi) is 5.36. The lowest BCUT2D eigenvalue weighted by Gasteiger charge is -2.32. The van der Waals surface area contributed by atoms with Crippen molar-refractivity contribution in [2.75, 3.05) is 25.0 Å². The first-order valence-electron chi connectivity index (χ1n) is 8.76. The number of nitrogens with one attached hydrogen (secondary N) is 2. The van der Waals surface area contributed by atoms with Crippen LogP contribution < -0.4 is 10.6 Å². The molecule has 0 aliphatic carbocycles.